The number of allylic oxidation sites excluding steroid dienone is 3. The second kappa shape index (κ2) is 33.8. The fourth-order valence-electron chi connectivity index (χ4n) is 5.80. The van der Waals surface area contributed by atoms with E-state index in [2.05, 4.69) is 31.3 Å². The van der Waals surface area contributed by atoms with E-state index < -0.39 is 20.0 Å². The van der Waals surface area contributed by atoms with E-state index in [1.807, 2.05) is 27.2 Å². The van der Waals surface area contributed by atoms with Crippen LogP contribution in [0.25, 0.3) is 0 Å². The number of hydrogen-bond acceptors (Lipinski definition) is 5. The lowest BCUT2D eigenvalue weighted by molar-refractivity contribution is -0.870. The highest BCUT2D eigenvalue weighted by atomic mass is 31.2. The van der Waals surface area contributed by atoms with Crippen molar-refractivity contribution in [1.29, 1.82) is 0 Å². The van der Waals surface area contributed by atoms with Gasteiger partial charge in [-0.1, -0.05) is 154 Å². The summed E-state index contributed by atoms with van der Waals surface area (Å²) in [6, 6.07) is -0.842. The van der Waals surface area contributed by atoms with Gasteiger partial charge < -0.3 is 19.8 Å². The summed E-state index contributed by atoms with van der Waals surface area (Å²) in [4.78, 5) is 23.0. The van der Waals surface area contributed by atoms with Crippen LogP contribution in [-0.2, 0) is 18.4 Å². The first-order valence-corrected chi connectivity index (χ1v) is 22.2. The number of aliphatic hydroxyl groups is 1. The molecular weight excluding hydrogens is 647 g/mol. The second-order valence-corrected chi connectivity index (χ2v) is 16.8. The average Bonchev–Trinajstić information content (AvgIpc) is 3.06. The van der Waals surface area contributed by atoms with Crippen LogP contribution in [0.5, 0.6) is 0 Å². The van der Waals surface area contributed by atoms with Crippen molar-refractivity contribution in [3.63, 3.8) is 0 Å². The van der Waals surface area contributed by atoms with Gasteiger partial charge in [-0.3, -0.25) is 13.8 Å². The standard InChI is InChI=1S/C41H81N2O6P/c1-6-8-10-12-14-16-17-18-19-20-21-22-23-24-25-27-29-31-33-35-41(45)42-39(38-49-50(46,47)48-37-36-43(3,4)5)40(44)34-32-30-28-26-15-13-11-9-7-2/h18-19,32,34,39-40,44H,6-17,20-31,33,35-38H2,1-5H3,(H-,42,45,46,47)/p+1/b19-18-,34-32+. The number of likely N-dealkylation sites (N-methyl/N-ethyl adjacent to an activating group) is 1. The zero-order valence-corrected chi connectivity index (χ0v) is 34.3. The Morgan fingerprint density at radius 2 is 1.08 bits per heavy atom. The fraction of sp³-hybridized carbons (Fsp3) is 0.878. The molecule has 3 N–H and O–H groups in total. The van der Waals surface area contributed by atoms with Gasteiger partial charge in [-0.05, 0) is 44.9 Å². The van der Waals surface area contributed by atoms with Gasteiger partial charge in [0.25, 0.3) is 0 Å². The molecule has 0 heterocycles. The monoisotopic (exact) mass is 730 g/mol. The number of amides is 1. The molecule has 296 valence electrons. The molecule has 0 aromatic heterocycles. The molecule has 0 aromatic carbocycles. The average molecular weight is 730 g/mol. The van der Waals surface area contributed by atoms with Crippen molar-refractivity contribution in [1.82, 2.24) is 5.32 Å². The van der Waals surface area contributed by atoms with Crippen LogP contribution in [0.1, 0.15) is 181 Å². The van der Waals surface area contributed by atoms with Crippen molar-refractivity contribution in [2.45, 2.75) is 193 Å². The van der Waals surface area contributed by atoms with Crippen LogP contribution in [0.4, 0.5) is 0 Å². The maximum atomic E-state index is 12.8. The molecule has 0 aromatic rings. The van der Waals surface area contributed by atoms with E-state index in [4.69, 9.17) is 9.05 Å². The van der Waals surface area contributed by atoms with Crippen LogP contribution in [0.2, 0.25) is 0 Å². The second-order valence-electron chi connectivity index (χ2n) is 15.4. The number of phosphoric ester groups is 1. The topological polar surface area (TPSA) is 105 Å². The Balaban J connectivity index is 4.33. The number of aliphatic hydroxyl groups excluding tert-OH is 1. The number of quaternary nitrogens is 1. The van der Waals surface area contributed by atoms with Crippen LogP contribution in [0.3, 0.4) is 0 Å². The molecule has 50 heavy (non-hydrogen) atoms. The number of unbranched alkanes of at least 4 members (excludes halogenated alkanes) is 22. The fourth-order valence-corrected chi connectivity index (χ4v) is 6.53. The number of carbonyl (C=O) groups excluding carboxylic acids is 1. The number of hydrogen-bond donors (Lipinski definition) is 3. The predicted molar refractivity (Wildman–Crippen MR) is 212 cm³/mol. The first-order valence-electron chi connectivity index (χ1n) is 20.7. The number of rotatable bonds is 37. The van der Waals surface area contributed by atoms with Crippen molar-refractivity contribution >= 4 is 13.7 Å². The molecule has 0 bridgehead atoms. The summed E-state index contributed by atoms with van der Waals surface area (Å²) in [5.74, 6) is -0.183. The van der Waals surface area contributed by atoms with Gasteiger partial charge in [0.15, 0.2) is 0 Å². The van der Waals surface area contributed by atoms with Crippen LogP contribution in [0, 0.1) is 0 Å². The minimum atomic E-state index is -4.33. The van der Waals surface area contributed by atoms with Gasteiger partial charge in [0, 0.05) is 6.42 Å². The maximum absolute atomic E-state index is 12.8. The zero-order valence-electron chi connectivity index (χ0n) is 33.4. The molecule has 0 saturated heterocycles. The smallest absolute Gasteiger partial charge is 0.387 e. The molecule has 0 aliphatic heterocycles. The van der Waals surface area contributed by atoms with Crippen molar-refractivity contribution in [2.24, 2.45) is 0 Å². The van der Waals surface area contributed by atoms with Crippen LogP contribution in [0.15, 0.2) is 24.3 Å². The lowest BCUT2D eigenvalue weighted by Crippen LogP contribution is -2.45. The Morgan fingerprint density at radius 3 is 1.54 bits per heavy atom. The molecule has 1 amide bonds. The molecule has 0 fully saturated rings. The zero-order chi connectivity index (χ0) is 37.2. The molecule has 9 heteroatoms. The highest BCUT2D eigenvalue weighted by molar-refractivity contribution is 7.47. The van der Waals surface area contributed by atoms with Gasteiger partial charge in [-0.15, -0.1) is 0 Å². The lowest BCUT2D eigenvalue weighted by Gasteiger charge is -2.25. The molecular formula is C41H82N2O6P+. The molecule has 3 atom stereocenters. The minimum absolute atomic E-state index is 0.0617. The van der Waals surface area contributed by atoms with Crippen molar-refractivity contribution < 1.29 is 32.9 Å². The van der Waals surface area contributed by atoms with Gasteiger partial charge in [-0.25, -0.2) is 4.57 Å². The first kappa shape index (κ1) is 49.0. The SMILES string of the molecule is CCCCCCCC/C=C\CCCCCCCCCCCC(=O)NC(COP(=O)(O)OCC[N+](C)(C)C)C(O)/C=C/CCCCCCCCC. The van der Waals surface area contributed by atoms with Crippen molar-refractivity contribution in [2.75, 3.05) is 40.9 Å². The number of phosphoric acid groups is 1. The van der Waals surface area contributed by atoms with Gasteiger partial charge in [0.2, 0.25) is 5.91 Å². The van der Waals surface area contributed by atoms with Crippen LogP contribution in [-0.4, -0.2) is 73.4 Å². The number of nitrogens with one attached hydrogen (secondary N) is 1. The van der Waals surface area contributed by atoms with Crippen molar-refractivity contribution in [3.05, 3.63) is 24.3 Å². The summed E-state index contributed by atoms with van der Waals surface area (Å²) < 4.78 is 23.4. The van der Waals surface area contributed by atoms with Crippen molar-refractivity contribution in [3.8, 4) is 0 Å². The van der Waals surface area contributed by atoms with E-state index in [1.54, 1.807) is 6.08 Å². The molecule has 0 rings (SSSR count). The molecule has 0 saturated carbocycles. The largest absolute Gasteiger partial charge is 0.472 e. The van der Waals surface area contributed by atoms with E-state index in [0.29, 0.717) is 17.4 Å². The van der Waals surface area contributed by atoms with E-state index in [-0.39, 0.29) is 19.1 Å². The lowest BCUT2D eigenvalue weighted by atomic mass is 10.0. The summed E-state index contributed by atoms with van der Waals surface area (Å²) in [7, 11) is 1.57. The van der Waals surface area contributed by atoms with E-state index >= 15 is 0 Å². The van der Waals surface area contributed by atoms with E-state index in [1.165, 1.54) is 122 Å². The summed E-state index contributed by atoms with van der Waals surface area (Å²) in [5.41, 5.74) is 0. The Labute approximate surface area is 309 Å². The maximum Gasteiger partial charge on any atom is 0.472 e. The third kappa shape index (κ3) is 35.4. The van der Waals surface area contributed by atoms with Gasteiger partial charge >= 0.3 is 7.82 Å². The summed E-state index contributed by atoms with van der Waals surface area (Å²) >= 11 is 0. The van der Waals surface area contributed by atoms with E-state index in [0.717, 1.165) is 38.5 Å². The third-order valence-corrected chi connectivity index (χ3v) is 10.1. The molecule has 0 spiro atoms. The quantitative estimate of drug-likeness (QED) is 0.0254. The first-order chi connectivity index (χ1) is 24.0. The minimum Gasteiger partial charge on any atom is -0.387 e. The molecule has 3 unspecified atom stereocenters. The van der Waals surface area contributed by atoms with Crippen LogP contribution >= 0.6 is 7.82 Å². The summed E-state index contributed by atoms with van der Waals surface area (Å²) in [5, 5.41) is 13.7. The normalized spacial score (nSPS) is 14.8. The van der Waals surface area contributed by atoms with Crippen LogP contribution < -0.4 is 5.32 Å². The molecule has 8 nitrogen and oxygen atoms in total. The highest BCUT2D eigenvalue weighted by Gasteiger charge is 2.27. The van der Waals surface area contributed by atoms with E-state index in [9.17, 15) is 19.4 Å². The van der Waals surface area contributed by atoms with Gasteiger partial charge in [0.1, 0.15) is 13.2 Å². The Bertz CT molecular complexity index is 876. The molecule has 0 radical (unpaired) electrons. The predicted octanol–water partition coefficient (Wildman–Crippen LogP) is 11.0. The van der Waals surface area contributed by atoms with Gasteiger partial charge in [-0.2, -0.15) is 0 Å². The molecule has 0 aliphatic rings. The van der Waals surface area contributed by atoms with Gasteiger partial charge in [0.05, 0.1) is 39.9 Å². The summed E-state index contributed by atoms with van der Waals surface area (Å²) in [6.45, 7) is 4.77. The Morgan fingerprint density at radius 1 is 0.660 bits per heavy atom. The summed E-state index contributed by atoms with van der Waals surface area (Å²) in [6.07, 6.45) is 38.2. The number of carbonyl (C=O) groups is 1. The molecule has 0 aliphatic carbocycles. The highest BCUT2D eigenvalue weighted by Crippen LogP contribution is 2.43. The third-order valence-electron chi connectivity index (χ3n) is 9.17. The Kier molecular flexibility index (Phi) is 33.1. The Hall–Kier alpha value is -1.02. The number of nitrogens with zero attached hydrogens (tertiary/aromatic N) is 1.